The Morgan fingerprint density at radius 2 is 1.66 bits per heavy atom. The largest absolute Gasteiger partial charge is 0.482 e. The van der Waals surface area contributed by atoms with Gasteiger partial charge >= 0.3 is 12.1 Å². The fourth-order valence-electron chi connectivity index (χ4n) is 4.64. The number of aliphatic carboxylic acids is 1. The molecular weight excluding hydrogens is 606 g/mol. The minimum Gasteiger partial charge on any atom is -0.482 e. The number of ether oxygens (including phenoxy) is 1. The summed E-state index contributed by atoms with van der Waals surface area (Å²) in [5.74, 6) is -0.544. The van der Waals surface area contributed by atoms with Gasteiger partial charge in [0.05, 0.1) is 17.0 Å². The number of hydrogen-bond acceptors (Lipinski definition) is 6. The zero-order valence-corrected chi connectivity index (χ0v) is 25.8. The molecule has 3 aromatic carbocycles. The van der Waals surface area contributed by atoms with E-state index < -0.39 is 24.3 Å². The number of pyridine rings is 1. The highest BCUT2D eigenvalue weighted by Crippen LogP contribution is 2.44. The molecule has 0 amide bonds. The van der Waals surface area contributed by atoms with Crippen LogP contribution in [-0.4, -0.2) is 27.7 Å². The third-order valence-electron chi connectivity index (χ3n) is 6.95. The summed E-state index contributed by atoms with van der Waals surface area (Å²) in [5.41, 5.74) is 5.67. The minimum atomic E-state index is -4.40. The lowest BCUT2D eigenvalue weighted by atomic mass is 10.1. The lowest BCUT2D eigenvalue weighted by Gasteiger charge is -2.17. The van der Waals surface area contributed by atoms with Crippen LogP contribution in [0.15, 0.2) is 90.0 Å². The van der Waals surface area contributed by atoms with Crippen LogP contribution in [0.4, 0.5) is 13.2 Å². The summed E-state index contributed by atoms with van der Waals surface area (Å²) < 4.78 is 44.8. The maximum atomic E-state index is 13.1. The van der Waals surface area contributed by atoms with Gasteiger partial charge in [0.25, 0.3) is 0 Å². The van der Waals surface area contributed by atoms with E-state index in [2.05, 4.69) is 18.2 Å². The highest BCUT2D eigenvalue weighted by Gasteiger charge is 2.30. The van der Waals surface area contributed by atoms with E-state index in [-0.39, 0.29) is 5.25 Å². The maximum Gasteiger partial charge on any atom is 0.416 e. The second kappa shape index (κ2) is 13.2. The first-order valence-electron chi connectivity index (χ1n) is 13.7. The predicted octanol–water partition coefficient (Wildman–Crippen LogP) is 9.36. The van der Waals surface area contributed by atoms with Crippen molar-refractivity contribution >= 4 is 29.1 Å². The van der Waals surface area contributed by atoms with E-state index in [0.29, 0.717) is 22.7 Å². The Kier molecular flexibility index (Phi) is 9.41. The molecule has 2 heterocycles. The van der Waals surface area contributed by atoms with E-state index >= 15 is 0 Å². The third-order valence-corrected chi connectivity index (χ3v) is 9.64. The summed E-state index contributed by atoms with van der Waals surface area (Å²) in [5, 5.41) is 9.54. The number of carboxylic acids is 1. The summed E-state index contributed by atoms with van der Waals surface area (Å²) in [4.78, 5) is 22.4. The number of hydrogen-bond donors (Lipinski definition) is 1. The van der Waals surface area contributed by atoms with Gasteiger partial charge in [-0.05, 0) is 74.7 Å². The van der Waals surface area contributed by atoms with E-state index in [9.17, 15) is 18.0 Å². The van der Waals surface area contributed by atoms with Crippen molar-refractivity contribution in [2.75, 3.05) is 6.61 Å². The fourth-order valence-corrected chi connectivity index (χ4v) is 7.25. The summed E-state index contributed by atoms with van der Waals surface area (Å²) in [6, 6.07) is 23.0. The molecule has 0 bridgehead atoms. The third kappa shape index (κ3) is 7.67. The molecule has 1 N–H and O–H groups in total. The predicted molar refractivity (Wildman–Crippen MR) is 168 cm³/mol. The molecule has 10 heteroatoms. The number of benzene rings is 3. The van der Waals surface area contributed by atoms with Gasteiger partial charge in [0, 0.05) is 32.3 Å². The average Bonchev–Trinajstić information content (AvgIpc) is 3.38. The quantitative estimate of drug-likeness (QED) is 0.154. The van der Waals surface area contributed by atoms with Crippen LogP contribution in [-0.2, 0) is 17.4 Å². The summed E-state index contributed by atoms with van der Waals surface area (Å²) in [6.07, 6.45) is -1.89. The zero-order valence-electron chi connectivity index (χ0n) is 24.2. The van der Waals surface area contributed by atoms with Gasteiger partial charge in [0.2, 0.25) is 0 Å². The van der Waals surface area contributed by atoms with Gasteiger partial charge in [-0.15, -0.1) is 23.1 Å². The molecule has 1 unspecified atom stereocenters. The Hall–Kier alpha value is -4.15. The Balaban J connectivity index is 1.44. The van der Waals surface area contributed by atoms with Crippen molar-refractivity contribution in [1.82, 2.24) is 9.97 Å². The van der Waals surface area contributed by atoms with Crippen molar-refractivity contribution < 1.29 is 27.8 Å². The summed E-state index contributed by atoms with van der Waals surface area (Å²) in [6.45, 7) is 5.40. The van der Waals surface area contributed by atoms with Crippen LogP contribution < -0.4 is 4.74 Å². The number of thioether (sulfide) groups is 1. The zero-order chi connectivity index (χ0) is 31.4. The lowest BCUT2D eigenvalue weighted by molar-refractivity contribution is -0.139. The van der Waals surface area contributed by atoms with E-state index in [1.807, 2.05) is 57.3 Å². The van der Waals surface area contributed by atoms with Crippen molar-refractivity contribution in [3.05, 3.63) is 118 Å². The number of rotatable bonds is 10. The molecule has 226 valence electrons. The molecule has 1 atom stereocenters. The monoisotopic (exact) mass is 634 g/mol. The Morgan fingerprint density at radius 3 is 2.27 bits per heavy atom. The highest BCUT2D eigenvalue weighted by molar-refractivity contribution is 7.99. The van der Waals surface area contributed by atoms with Crippen molar-refractivity contribution in [1.29, 1.82) is 0 Å². The SMILES string of the molecule is Cc1ccc(-c2ccc(CC(Sc3ccc(OCC(=O)O)c(C)c3)c3sc(-c4ccc(C(F)(F)F)cc4)nc3C)cn2)cc1. The molecule has 0 saturated carbocycles. The van der Waals surface area contributed by atoms with Crippen LogP contribution >= 0.6 is 23.1 Å². The molecule has 0 radical (unpaired) electrons. The number of thiazole rings is 1. The van der Waals surface area contributed by atoms with Crippen molar-refractivity contribution in [3.8, 4) is 27.6 Å². The number of carbonyl (C=O) groups is 1. The van der Waals surface area contributed by atoms with Crippen molar-refractivity contribution in [2.45, 2.75) is 43.5 Å². The number of aromatic nitrogens is 2. The Labute approximate surface area is 261 Å². The fraction of sp³-hybridized carbons (Fsp3) is 0.206. The molecule has 0 aliphatic rings. The average molecular weight is 635 g/mol. The topological polar surface area (TPSA) is 72.3 Å². The van der Waals surface area contributed by atoms with Crippen LogP contribution in [0.25, 0.3) is 21.8 Å². The molecule has 0 fully saturated rings. The van der Waals surface area contributed by atoms with Gasteiger partial charge < -0.3 is 9.84 Å². The lowest BCUT2D eigenvalue weighted by Crippen LogP contribution is -2.10. The first kappa shape index (κ1) is 31.3. The first-order valence-corrected chi connectivity index (χ1v) is 15.4. The van der Waals surface area contributed by atoms with Gasteiger partial charge in [-0.25, -0.2) is 9.78 Å². The van der Waals surface area contributed by atoms with Crippen LogP contribution in [0.5, 0.6) is 5.75 Å². The highest BCUT2D eigenvalue weighted by atomic mass is 32.2. The number of aryl methyl sites for hydroxylation is 3. The van der Waals surface area contributed by atoms with Crippen LogP contribution in [0.2, 0.25) is 0 Å². The molecular formula is C34H29F3N2O3S2. The molecule has 0 aliphatic heterocycles. The van der Waals surface area contributed by atoms with Crippen molar-refractivity contribution in [2.24, 2.45) is 0 Å². The molecule has 0 saturated heterocycles. The van der Waals surface area contributed by atoms with Crippen LogP contribution in [0.1, 0.15) is 38.1 Å². The summed E-state index contributed by atoms with van der Waals surface area (Å²) in [7, 11) is 0. The van der Waals surface area contributed by atoms with Crippen LogP contribution in [0.3, 0.4) is 0 Å². The van der Waals surface area contributed by atoms with Gasteiger partial charge in [0.1, 0.15) is 10.8 Å². The second-order valence-electron chi connectivity index (χ2n) is 10.4. The van der Waals surface area contributed by atoms with Gasteiger partial charge in [0.15, 0.2) is 6.61 Å². The van der Waals surface area contributed by atoms with E-state index in [1.54, 1.807) is 17.8 Å². The number of nitrogens with zero attached hydrogens (tertiary/aromatic N) is 2. The molecule has 5 nitrogen and oxygen atoms in total. The van der Waals surface area contributed by atoms with Crippen LogP contribution in [0, 0.1) is 20.8 Å². The minimum absolute atomic E-state index is 0.0760. The molecule has 5 rings (SSSR count). The maximum absolute atomic E-state index is 13.1. The Bertz CT molecular complexity index is 1750. The second-order valence-corrected chi connectivity index (χ2v) is 12.7. The van der Waals surface area contributed by atoms with Gasteiger partial charge in [-0.3, -0.25) is 4.98 Å². The molecule has 2 aromatic heterocycles. The van der Waals surface area contributed by atoms with Crippen molar-refractivity contribution in [3.63, 3.8) is 0 Å². The van der Waals surface area contributed by atoms with Gasteiger partial charge in [-0.1, -0.05) is 48.0 Å². The van der Waals surface area contributed by atoms with Gasteiger partial charge in [-0.2, -0.15) is 13.2 Å². The molecule has 5 aromatic rings. The molecule has 0 spiro atoms. The number of alkyl halides is 3. The van der Waals surface area contributed by atoms with E-state index in [4.69, 9.17) is 19.8 Å². The number of halogens is 3. The van der Waals surface area contributed by atoms with E-state index in [1.165, 1.54) is 29.0 Å². The number of carboxylic acid groups (broad SMARTS) is 1. The first-order chi connectivity index (χ1) is 21.0. The Morgan fingerprint density at radius 1 is 0.955 bits per heavy atom. The standard InChI is InChI=1S/C34H29F3N2O3S2/c1-20-4-7-24(8-5-20)28-14-6-23(18-38-28)17-30(43-27-13-15-29(21(2)16-27)42-19-31(40)41)32-22(3)39-33(44-32)25-9-11-26(12-10-25)34(35,36)37/h4-16,18,30H,17,19H2,1-3H3,(H,40,41). The molecule has 0 aliphatic carbocycles. The normalized spacial score (nSPS) is 12.2. The molecule has 44 heavy (non-hydrogen) atoms. The van der Waals surface area contributed by atoms with E-state index in [0.717, 1.165) is 50.0 Å². The smallest absolute Gasteiger partial charge is 0.416 e. The summed E-state index contributed by atoms with van der Waals surface area (Å²) >= 11 is 3.11.